The van der Waals surface area contributed by atoms with Gasteiger partial charge in [0.2, 0.25) is 0 Å². The number of benzene rings is 4. The van der Waals surface area contributed by atoms with Gasteiger partial charge in [0.05, 0.1) is 0 Å². The van der Waals surface area contributed by atoms with Crippen LogP contribution in [0, 0.1) is 0 Å². The van der Waals surface area contributed by atoms with Crippen molar-refractivity contribution in [3.05, 3.63) is 95.1 Å². The van der Waals surface area contributed by atoms with E-state index in [2.05, 4.69) is 100 Å². The summed E-state index contributed by atoms with van der Waals surface area (Å²) in [6.45, 7) is 16.9. The SMILES string of the molecule is CC.CC.CCc1cc(CC)c2ccccc2c1.CCc1ccc(CC)c2ccccc12. The molecule has 32 heavy (non-hydrogen) atoms. The van der Waals surface area contributed by atoms with Gasteiger partial charge < -0.3 is 0 Å². The molecule has 0 spiro atoms. The second kappa shape index (κ2) is 15.2. The normalized spacial score (nSPS) is 9.75. The summed E-state index contributed by atoms with van der Waals surface area (Å²) in [5.41, 5.74) is 5.83. The van der Waals surface area contributed by atoms with E-state index in [0.717, 1.165) is 25.7 Å². The molecule has 0 aliphatic carbocycles. The highest BCUT2D eigenvalue weighted by Gasteiger charge is 2.02. The van der Waals surface area contributed by atoms with Crippen molar-refractivity contribution in [2.45, 2.75) is 81.1 Å². The van der Waals surface area contributed by atoms with E-state index >= 15 is 0 Å². The van der Waals surface area contributed by atoms with Crippen molar-refractivity contribution in [3.63, 3.8) is 0 Å². The van der Waals surface area contributed by atoms with Crippen molar-refractivity contribution in [1.29, 1.82) is 0 Å². The number of rotatable bonds is 4. The van der Waals surface area contributed by atoms with Gasteiger partial charge in [-0.05, 0) is 69.5 Å². The zero-order chi connectivity index (χ0) is 23.9. The predicted octanol–water partition coefficient (Wildman–Crippen LogP) is 9.98. The Morgan fingerprint density at radius 2 is 0.875 bits per heavy atom. The third-order valence-corrected chi connectivity index (χ3v) is 5.66. The molecule has 4 rings (SSSR count). The molecular weight excluding hydrogens is 384 g/mol. The highest BCUT2D eigenvalue weighted by atomic mass is 14.1. The van der Waals surface area contributed by atoms with E-state index in [1.165, 1.54) is 43.8 Å². The average molecular weight is 429 g/mol. The first kappa shape index (κ1) is 27.4. The minimum atomic E-state index is 1.12. The Hall–Kier alpha value is -2.60. The van der Waals surface area contributed by atoms with Crippen LogP contribution in [0.3, 0.4) is 0 Å². The van der Waals surface area contributed by atoms with Crippen molar-refractivity contribution in [1.82, 2.24) is 0 Å². The highest BCUT2D eigenvalue weighted by Crippen LogP contribution is 2.24. The fourth-order valence-electron chi connectivity index (χ4n) is 4.00. The summed E-state index contributed by atoms with van der Waals surface area (Å²) in [5, 5.41) is 5.64. The highest BCUT2D eigenvalue weighted by molar-refractivity contribution is 5.89. The van der Waals surface area contributed by atoms with Gasteiger partial charge in [0.25, 0.3) is 0 Å². The van der Waals surface area contributed by atoms with Crippen LogP contribution >= 0.6 is 0 Å². The monoisotopic (exact) mass is 428 g/mol. The number of fused-ring (bicyclic) bond motifs is 2. The molecule has 0 heterocycles. The van der Waals surface area contributed by atoms with Crippen LogP contribution in [0.5, 0.6) is 0 Å². The topological polar surface area (TPSA) is 0 Å². The third kappa shape index (κ3) is 6.95. The Kier molecular flexibility index (Phi) is 13.1. The van der Waals surface area contributed by atoms with Crippen molar-refractivity contribution in [3.8, 4) is 0 Å². The van der Waals surface area contributed by atoms with Gasteiger partial charge in [0.1, 0.15) is 0 Å². The zero-order valence-corrected chi connectivity index (χ0v) is 21.8. The molecule has 0 saturated heterocycles. The van der Waals surface area contributed by atoms with Gasteiger partial charge in [-0.25, -0.2) is 0 Å². The van der Waals surface area contributed by atoms with Gasteiger partial charge >= 0.3 is 0 Å². The summed E-state index contributed by atoms with van der Waals surface area (Å²) in [6, 6.07) is 26.5. The van der Waals surface area contributed by atoms with E-state index in [-0.39, 0.29) is 0 Å². The maximum Gasteiger partial charge on any atom is -0.0149 e. The molecule has 4 aromatic rings. The Morgan fingerprint density at radius 3 is 1.31 bits per heavy atom. The smallest absolute Gasteiger partial charge is 0.0149 e. The summed E-state index contributed by atoms with van der Waals surface area (Å²) in [7, 11) is 0. The molecule has 0 bridgehead atoms. The van der Waals surface area contributed by atoms with E-state index in [1.807, 2.05) is 27.7 Å². The van der Waals surface area contributed by atoms with Crippen LogP contribution in [-0.2, 0) is 25.7 Å². The lowest BCUT2D eigenvalue weighted by molar-refractivity contribution is 1.10. The second-order valence-corrected chi connectivity index (χ2v) is 7.32. The van der Waals surface area contributed by atoms with Gasteiger partial charge in [0.15, 0.2) is 0 Å². The third-order valence-electron chi connectivity index (χ3n) is 5.66. The number of aryl methyl sites for hydroxylation is 4. The maximum atomic E-state index is 2.34. The largest absolute Gasteiger partial charge is 0.0683 e. The molecule has 0 heteroatoms. The molecule has 0 saturated carbocycles. The molecule has 172 valence electrons. The number of hydrogen-bond donors (Lipinski definition) is 0. The number of hydrogen-bond acceptors (Lipinski definition) is 0. The van der Waals surface area contributed by atoms with Gasteiger partial charge in [-0.3, -0.25) is 0 Å². The van der Waals surface area contributed by atoms with Gasteiger partial charge in [-0.1, -0.05) is 128 Å². The van der Waals surface area contributed by atoms with Crippen LogP contribution in [-0.4, -0.2) is 0 Å². The van der Waals surface area contributed by atoms with Crippen molar-refractivity contribution >= 4 is 21.5 Å². The lowest BCUT2D eigenvalue weighted by atomic mass is 9.97. The fraction of sp³-hybridized carbons (Fsp3) is 0.375. The first-order chi connectivity index (χ1) is 15.7. The molecule has 0 aromatic heterocycles. The molecule has 4 aromatic carbocycles. The summed E-state index contributed by atoms with van der Waals surface area (Å²) < 4.78 is 0. The Morgan fingerprint density at radius 1 is 0.438 bits per heavy atom. The molecule has 0 fully saturated rings. The standard InChI is InChI=1S/2C14H16.2C2H6/c1-3-11-9-12(4-2)14-8-6-5-7-13(14)10-11;1-3-11-9-10-12(4-2)14-8-6-5-7-13(11)14;2*1-2/h2*5-10H,3-4H2,1-2H3;2*1-2H3. The molecule has 0 N–H and O–H groups in total. The van der Waals surface area contributed by atoms with Crippen molar-refractivity contribution in [2.24, 2.45) is 0 Å². The van der Waals surface area contributed by atoms with E-state index in [0.29, 0.717) is 0 Å². The lowest BCUT2D eigenvalue weighted by Crippen LogP contribution is -1.88. The fourth-order valence-corrected chi connectivity index (χ4v) is 4.00. The molecule has 0 aliphatic rings. The minimum absolute atomic E-state index is 1.12. The minimum Gasteiger partial charge on any atom is -0.0683 e. The first-order valence-electron chi connectivity index (χ1n) is 12.7. The van der Waals surface area contributed by atoms with Crippen LogP contribution in [0.2, 0.25) is 0 Å². The molecule has 0 atom stereocenters. The molecule has 0 aliphatic heterocycles. The summed E-state index contributed by atoms with van der Waals surface area (Å²) in [5.74, 6) is 0. The molecule has 0 unspecified atom stereocenters. The Bertz CT molecular complexity index is 1010. The summed E-state index contributed by atoms with van der Waals surface area (Å²) >= 11 is 0. The lowest BCUT2D eigenvalue weighted by Gasteiger charge is -2.08. The zero-order valence-electron chi connectivity index (χ0n) is 21.8. The van der Waals surface area contributed by atoms with E-state index in [9.17, 15) is 0 Å². The van der Waals surface area contributed by atoms with Crippen LogP contribution in [0.1, 0.15) is 77.6 Å². The van der Waals surface area contributed by atoms with Crippen LogP contribution < -0.4 is 0 Å². The van der Waals surface area contributed by atoms with E-state index in [1.54, 1.807) is 0 Å². The van der Waals surface area contributed by atoms with Gasteiger partial charge in [0, 0.05) is 0 Å². The van der Waals surface area contributed by atoms with Crippen molar-refractivity contribution in [2.75, 3.05) is 0 Å². The summed E-state index contributed by atoms with van der Waals surface area (Å²) in [4.78, 5) is 0. The van der Waals surface area contributed by atoms with E-state index < -0.39 is 0 Å². The Labute approximate surface area is 197 Å². The molecule has 0 radical (unpaired) electrons. The molecule has 0 nitrogen and oxygen atoms in total. The van der Waals surface area contributed by atoms with Gasteiger partial charge in [-0.15, -0.1) is 0 Å². The van der Waals surface area contributed by atoms with Crippen LogP contribution in [0.25, 0.3) is 21.5 Å². The first-order valence-corrected chi connectivity index (χ1v) is 12.7. The van der Waals surface area contributed by atoms with Gasteiger partial charge in [-0.2, -0.15) is 0 Å². The van der Waals surface area contributed by atoms with Crippen LogP contribution in [0.4, 0.5) is 0 Å². The van der Waals surface area contributed by atoms with Crippen molar-refractivity contribution < 1.29 is 0 Å². The molecule has 0 amide bonds. The Balaban J connectivity index is 0.000000277. The molecular formula is C32H44. The van der Waals surface area contributed by atoms with Crippen LogP contribution in [0.15, 0.2) is 72.8 Å². The average Bonchev–Trinajstić information content (AvgIpc) is 2.90. The predicted molar refractivity (Wildman–Crippen MR) is 148 cm³/mol. The quantitative estimate of drug-likeness (QED) is 0.303. The maximum absolute atomic E-state index is 2.34. The van der Waals surface area contributed by atoms with E-state index in [4.69, 9.17) is 0 Å². The second-order valence-electron chi connectivity index (χ2n) is 7.32. The summed E-state index contributed by atoms with van der Waals surface area (Å²) in [6.07, 6.45) is 4.47.